The SMILES string of the molecule is CCNC(=O)c1ccc(NC(C)CCCC(F)(F)F)cc1. The molecule has 1 aromatic carbocycles. The van der Waals surface area contributed by atoms with Crippen molar-refractivity contribution >= 4 is 11.6 Å². The third-order valence-electron chi connectivity index (χ3n) is 2.99. The molecule has 0 fully saturated rings. The molecule has 0 saturated heterocycles. The van der Waals surface area contributed by atoms with E-state index in [4.69, 9.17) is 0 Å². The molecule has 1 unspecified atom stereocenters. The quantitative estimate of drug-likeness (QED) is 0.800. The smallest absolute Gasteiger partial charge is 0.383 e. The summed E-state index contributed by atoms with van der Waals surface area (Å²) in [6, 6.07) is 6.84. The number of hydrogen-bond acceptors (Lipinski definition) is 2. The van der Waals surface area contributed by atoms with Gasteiger partial charge in [-0.2, -0.15) is 13.2 Å². The topological polar surface area (TPSA) is 41.1 Å². The number of rotatable bonds is 7. The van der Waals surface area contributed by atoms with Crippen LogP contribution in [0.5, 0.6) is 0 Å². The molecule has 2 N–H and O–H groups in total. The second-order valence-electron chi connectivity index (χ2n) is 4.99. The van der Waals surface area contributed by atoms with Crippen molar-refractivity contribution in [2.45, 2.75) is 45.3 Å². The fourth-order valence-corrected chi connectivity index (χ4v) is 1.95. The van der Waals surface area contributed by atoms with E-state index in [1.54, 1.807) is 24.3 Å². The lowest BCUT2D eigenvalue weighted by atomic mass is 10.1. The van der Waals surface area contributed by atoms with E-state index in [-0.39, 0.29) is 18.4 Å². The molecule has 1 aromatic rings. The first-order chi connectivity index (χ1) is 9.81. The number of halogens is 3. The molecule has 0 aromatic heterocycles. The lowest BCUT2D eigenvalue weighted by Gasteiger charge is -2.16. The third kappa shape index (κ3) is 7.02. The van der Waals surface area contributed by atoms with Crippen molar-refractivity contribution in [2.24, 2.45) is 0 Å². The maximum atomic E-state index is 12.1. The van der Waals surface area contributed by atoms with Crippen LogP contribution in [0.1, 0.15) is 43.5 Å². The number of hydrogen-bond donors (Lipinski definition) is 2. The van der Waals surface area contributed by atoms with Crippen LogP contribution in [0.25, 0.3) is 0 Å². The van der Waals surface area contributed by atoms with Gasteiger partial charge in [-0.15, -0.1) is 0 Å². The fourth-order valence-electron chi connectivity index (χ4n) is 1.95. The minimum atomic E-state index is -4.09. The van der Waals surface area contributed by atoms with E-state index in [1.165, 1.54) is 0 Å². The van der Waals surface area contributed by atoms with Crippen molar-refractivity contribution in [1.29, 1.82) is 0 Å². The summed E-state index contributed by atoms with van der Waals surface area (Å²) in [5, 5.41) is 5.83. The molecule has 0 aliphatic carbocycles. The Morgan fingerprint density at radius 1 is 1.24 bits per heavy atom. The second kappa shape index (κ2) is 7.90. The molecule has 0 aliphatic rings. The van der Waals surface area contributed by atoms with Crippen molar-refractivity contribution in [3.63, 3.8) is 0 Å². The van der Waals surface area contributed by atoms with Crippen molar-refractivity contribution < 1.29 is 18.0 Å². The Morgan fingerprint density at radius 3 is 2.38 bits per heavy atom. The number of carbonyl (C=O) groups excluding carboxylic acids is 1. The van der Waals surface area contributed by atoms with Crippen molar-refractivity contribution in [1.82, 2.24) is 5.32 Å². The van der Waals surface area contributed by atoms with Crippen molar-refractivity contribution in [3.05, 3.63) is 29.8 Å². The van der Waals surface area contributed by atoms with Crippen molar-refractivity contribution in [3.8, 4) is 0 Å². The van der Waals surface area contributed by atoms with Gasteiger partial charge < -0.3 is 10.6 Å². The second-order valence-corrected chi connectivity index (χ2v) is 4.99. The van der Waals surface area contributed by atoms with Crippen LogP contribution in [0.3, 0.4) is 0 Å². The van der Waals surface area contributed by atoms with Gasteiger partial charge in [0, 0.05) is 30.3 Å². The van der Waals surface area contributed by atoms with Crippen LogP contribution in [0.15, 0.2) is 24.3 Å². The predicted octanol–water partition coefficient (Wildman–Crippen LogP) is 3.97. The van der Waals surface area contributed by atoms with E-state index >= 15 is 0 Å². The van der Waals surface area contributed by atoms with Crippen molar-refractivity contribution in [2.75, 3.05) is 11.9 Å². The van der Waals surface area contributed by atoms with Gasteiger partial charge in [-0.1, -0.05) is 0 Å². The summed E-state index contributed by atoms with van der Waals surface area (Å²) in [4.78, 5) is 11.6. The summed E-state index contributed by atoms with van der Waals surface area (Å²) < 4.78 is 36.2. The van der Waals surface area contributed by atoms with E-state index < -0.39 is 12.6 Å². The molecule has 0 aliphatic heterocycles. The van der Waals surface area contributed by atoms with Gasteiger partial charge in [0.05, 0.1) is 0 Å². The summed E-state index contributed by atoms with van der Waals surface area (Å²) >= 11 is 0. The molecule has 0 heterocycles. The van der Waals surface area contributed by atoms with Crippen LogP contribution in [0, 0.1) is 0 Å². The third-order valence-corrected chi connectivity index (χ3v) is 2.99. The Kier molecular flexibility index (Phi) is 6.52. The minimum absolute atomic E-state index is 0.0531. The highest BCUT2D eigenvalue weighted by atomic mass is 19.4. The molecule has 118 valence electrons. The monoisotopic (exact) mass is 302 g/mol. The Balaban J connectivity index is 2.42. The van der Waals surface area contributed by atoms with Crippen LogP contribution in [0.4, 0.5) is 18.9 Å². The van der Waals surface area contributed by atoms with Crippen LogP contribution in [0.2, 0.25) is 0 Å². The average molecular weight is 302 g/mol. The molecule has 1 amide bonds. The minimum Gasteiger partial charge on any atom is -0.383 e. The standard InChI is InChI=1S/C15H21F3N2O/c1-3-19-14(21)12-6-8-13(9-7-12)20-11(2)5-4-10-15(16,17)18/h6-9,11,20H,3-5,10H2,1-2H3,(H,19,21). The molecule has 0 spiro atoms. The Labute approximate surface area is 122 Å². The molecular formula is C15H21F3N2O. The Hall–Kier alpha value is -1.72. The van der Waals surface area contributed by atoms with E-state index in [2.05, 4.69) is 10.6 Å². The highest BCUT2D eigenvalue weighted by Crippen LogP contribution is 2.23. The van der Waals surface area contributed by atoms with Gasteiger partial charge in [-0.05, 0) is 51.0 Å². The molecule has 0 radical (unpaired) electrons. The first-order valence-electron chi connectivity index (χ1n) is 7.03. The lowest BCUT2D eigenvalue weighted by molar-refractivity contribution is -0.135. The summed E-state index contributed by atoms with van der Waals surface area (Å²) in [6.45, 7) is 4.25. The zero-order valence-electron chi connectivity index (χ0n) is 12.3. The summed E-state index contributed by atoms with van der Waals surface area (Å²) in [6.07, 6.45) is -4.30. The van der Waals surface area contributed by atoms with E-state index in [9.17, 15) is 18.0 Å². The average Bonchev–Trinajstić information content (AvgIpc) is 2.38. The van der Waals surface area contributed by atoms with E-state index in [0.717, 1.165) is 5.69 Å². The van der Waals surface area contributed by atoms with Gasteiger partial charge in [0.25, 0.3) is 5.91 Å². The molecule has 6 heteroatoms. The molecule has 0 bridgehead atoms. The summed E-state index contributed by atoms with van der Waals surface area (Å²) in [5.41, 5.74) is 1.36. The van der Waals surface area contributed by atoms with Gasteiger partial charge in [0.1, 0.15) is 0 Å². The zero-order chi connectivity index (χ0) is 15.9. The predicted molar refractivity (Wildman–Crippen MR) is 77.4 cm³/mol. The van der Waals surface area contributed by atoms with E-state index in [0.29, 0.717) is 18.5 Å². The number of alkyl halides is 3. The molecule has 1 atom stereocenters. The number of carbonyl (C=O) groups is 1. The van der Waals surface area contributed by atoms with Crippen LogP contribution in [-0.2, 0) is 0 Å². The molecule has 3 nitrogen and oxygen atoms in total. The Bertz CT molecular complexity index is 443. The van der Waals surface area contributed by atoms with Gasteiger partial charge in [0.2, 0.25) is 0 Å². The van der Waals surface area contributed by atoms with Crippen LogP contribution >= 0.6 is 0 Å². The first-order valence-corrected chi connectivity index (χ1v) is 7.03. The highest BCUT2D eigenvalue weighted by Gasteiger charge is 2.26. The molecular weight excluding hydrogens is 281 g/mol. The van der Waals surface area contributed by atoms with Crippen LogP contribution in [-0.4, -0.2) is 24.7 Å². The maximum Gasteiger partial charge on any atom is 0.389 e. The lowest BCUT2D eigenvalue weighted by Crippen LogP contribution is -2.22. The largest absolute Gasteiger partial charge is 0.389 e. The zero-order valence-corrected chi connectivity index (χ0v) is 12.3. The van der Waals surface area contributed by atoms with Gasteiger partial charge in [-0.25, -0.2) is 0 Å². The van der Waals surface area contributed by atoms with Crippen LogP contribution < -0.4 is 10.6 Å². The normalized spacial score (nSPS) is 12.8. The first kappa shape index (κ1) is 17.3. The maximum absolute atomic E-state index is 12.1. The van der Waals surface area contributed by atoms with Gasteiger partial charge in [0.15, 0.2) is 0 Å². The van der Waals surface area contributed by atoms with Gasteiger partial charge >= 0.3 is 6.18 Å². The van der Waals surface area contributed by atoms with E-state index in [1.807, 2.05) is 13.8 Å². The summed E-state index contributed by atoms with van der Waals surface area (Å²) in [7, 11) is 0. The number of anilines is 1. The molecule has 0 saturated carbocycles. The number of amides is 1. The fraction of sp³-hybridized carbons (Fsp3) is 0.533. The molecule has 1 rings (SSSR count). The molecule has 21 heavy (non-hydrogen) atoms. The summed E-state index contributed by atoms with van der Waals surface area (Å²) in [5.74, 6) is -0.137. The number of benzene rings is 1. The highest BCUT2D eigenvalue weighted by molar-refractivity contribution is 5.94. The Morgan fingerprint density at radius 2 is 1.86 bits per heavy atom. The van der Waals surface area contributed by atoms with Gasteiger partial charge in [-0.3, -0.25) is 4.79 Å². The number of nitrogens with one attached hydrogen (secondary N) is 2.